The Morgan fingerprint density at radius 3 is 2.53 bits per heavy atom. The van der Waals surface area contributed by atoms with Crippen LogP contribution in [0, 0.1) is 34.5 Å². The van der Waals surface area contributed by atoms with Crippen LogP contribution in [0.5, 0.6) is 0 Å². The minimum Gasteiger partial charge on any atom is -0.462 e. The predicted octanol–water partition coefficient (Wildman–Crippen LogP) is 6.97. The minimum absolute atomic E-state index is 0.0417. The average molecular weight is 443 g/mol. The number of esters is 1. The van der Waals surface area contributed by atoms with E-state index in [9.17, 15) is 9.90 Å². The van der Waals surface area contributed by atoms with Gasteiger partial charge in [-0.15, -0.1) is 0 Å². The summed E-state index contributed by atoms with van der Waals surface area (Å²) in [5, 5.41) is 11.1. The fraction of sp³-hybridized carbons (Fsp3) is 0.897. The zero-order valence-electron chi connectivity index (χ0n) is 20.8. The SMILES string of the molecule is C[C@]12CC[C@H](OC(=O)CCC3CCCCC3)CC1=CC[C@@H]1[C@@H]2CC[C@@]2(C)[C@H]1CC[C@]2(C)O. The average Bonchev–Trinajstić information content (AvgIpc) is 3.02. The van der Waals surface area contributed by atoms with Gasteiger partial charge in [0, 0.05) is 12.8 Å². The standard InChI is InChI=1S/C29H46O3/c1-27-16-13-22(32-26(30)12-9-20-7-5-4-6-8-20)19-21(27)10-11-23-24(27)14-17-28(2)25(23)15-18-29(28,3)31/h10,20,22-25,31H,4-9,11-19H2,1-3H3/t22-,23+,24-,25-,27-,28-,29-/m0/s1. The summed E-state index contributed by atoms with van der Waals surface area (Å²) in [6.07, 6.45) is 19.8. The molecule has 0 heterocycles. The number of carbonyl (C=O) groups excluding carboxylic acids is 1. The molecule has 0 radical (unpaired) electrons. The molecular weight excluding hydrogens is 396 g/mol. The highest BCUT2D eigenvalue weighted by Gasteiger charge is 2.62. The molecule has 0 aliphatic heterocycles. The highest BCUT2D eigenvalue weighted by molar-refractivity contribution is 5.69. The molecule has 180 valence electrons. The third-order valence-electron chi connectivity index (χ3n) is 11.4. The predicted molar refractivity (Wildman–Crippen MR) is 128 cm³/mol. The van der Waals surface area contributed by atoms with Crippen molar-refractivity contribution in [1.82, 2.24) is 0 Å². The number of fused-ring (bicyclic) bond motifs is 5. The quantitative estimate of drug-likeness (QED) is 0.378. The van der Waals surface area contributed by atoms with Crippen molar-refractivity contribution in [3.8, 4) is 0 Å². The van der Waals surface area contributed by atoms with Gasteiger partial charge in [-0.2, -0.15) is 0 Å². The van der Waals surface area contributed by atoms with Crippen molar-refractivity contribution < 1.29 is 14.6 Å². The lowest BCUT2D eigenvalue weighted by atomic mass is 9.47. The molecule has 0 aromatic heterocycles. The molecule has 0 unspecified atom stereocenters. The lowest BCUT2D eigenvalue weighted by Gasteiger charge is -2.58. The van der Waals surface area contributed by atoms with E-state index in [1.165, 1.54) is 44.9 Å². The van der Waals surface area contributed by atoms with Crippen molar-refractivity contribution in [2.24, 2.45) is 34.5 Å². The summed E-state index contributed by atoms with van der Waals surface area (Å²) in [5.74, 6) is 2.89. The Bertz CT molecular complexity index is 748. The van der Waals surface area contributed by atoms with Crippen LogP contribution in [0.3, 0.4) is 0 Å². The van der Waals surface area contributed by atoms with Crippen molar-refractivity contribution >= 4 is 5.97 Å². The first-order valence-electron chi connectivity index (χ1n) is 13.8. The second-order valence-electron chi connectivity index (χ2n) is 12.9. The molecule has 4 fully saturated rings. The Hall–Kier alpha value is -0.830. The smallest absolute Gasteiger partial charge is 0.306 e. The van der Waals surface area contributed by atoms with E-state index in [1.807, 2.05) is 0 Å². The van der Waals surface area contributed by atoms with Gasteiger partial charge in [-0.25, -0.2) is 0 Å². The van der Waals surface area contributed by atoms with Gasteiger partial charge in [-0.1, -0.05) is 57.6 Å². The summed E-state index contributed by atoms with van der Waals surface area (Å²) < 4.78 is 6.01. The van der Waals surface area contributed by atoms with Gasteiger partial charge in [0.15, 0.2) is 0 Å². The van der Waals surface area contributed by atoms with Gasteiger partial charge in [0.1, 0.15) is 6.10 Å². The number of allylic oxidation sites excluding steroid dienone is 1. The first kappa shape index (κ1) is 22.9. The molecule has 0 aromatic carbocycles. The molecule has 3 heteroatoms. The number of hydrogen-bond acceptors (Lipinski definition) is 3. The molecule has 7 atom stereocenters. The Kier molecular flexibility index (Phi) is 6.05. The van der Waals surface area contributed by atoms with Gasteiger partial charge < -0.3 is 9.84 Å². The molecule has 0 saturated heterocycles. The number of carbonyl (C=O) groups is 1. The van der Waals surface area contributed by atoms with Crippen LogP contribution in [-0.2, 0) is 9.53 Å². The van der Waals surface area contributed by atoms with Crippen molar-refractivity contribution in [1.29, 1.82) is 0 Å². The Labute approximate surface area is 195 Å². The Morgan fingerprint density at radius 2 is 1.75 bits per heavy atom. The van der Waals surface area contributed by atoms with E-state index in [1.54, 1.807) is 5.57 Å². The maximum absolute atomic E-state index is 12.6. The van der Waals surface area contributed by atoms with E-state index in [0.717, 1.165) is 56.8 Å². The highest BCUT2D eigenvalue weighted by atomic mass is 16.5. The van der Waals surface area contributed by atoms with Crippen molar-refractivity contribution in [3.05, 3.63) is 11.6 Å². The second-order valence-corrected chi connectivity index (χ2v) is 12.9. The molecule has 3 nitrogen and oxygen atoms in total. The monoisotopic (exact) mass is 442 g/mol. The number of ether oxygens (including phenoxy) is 1. The normalized spacial score (nSPS) is 46.6. The highest BCUT2D eigenvalue weighted by Crippen LogP contribution is 2.67. The van der Waals surface area contributed by atoms with Crippen LogP contribution in [-0.4, -0.2) is 22.8 Å². The fourth-order valence-electron chi connectivity index (χ4n) is 9.01. The summed E-state index contributed by atoms with van der Waals surface area (Å²) in [5.41, 5.74) is 1.42. The maximum Gasteiger partial charge on any atom is 0.306 e. The molecule has 5 aliphatic carbocycles. The zero-order valence-corrected chi connectivity index (χ0v) is 20.8. The van der Waals surface area contributed by atoms with E-state index >= 15 is 0 Å². The molecule has 0 spiro atoms. The van der Waals surface area contributed by atoms with E-state index in [-0.39, 0.29) is 22.9 Å². The van der Waals surface area contributed by atoms with Crippen LogP contribution >= 0.6 is 0 Å². The molecule has 0 bridgehead atoms. The van der Waals surface area contributed by atoms with Gasteiger partial charge >= 0.3 is 5.97 Å². The van der Waals surface area contributed by atoms with Crippen LogP contribution in [0.15, 0.2) is 11.6 Å². The number of hydrogen-bond donors (Lipinski definition) is 1. The minimum atomic E-state index is -0.503. The third kappa shape index (κ3) is 3.79. The van der Waals surface area contributed by atoms with Crippen molar-refractivity contribution in [3.63, 3.8) is 0 Å². The third-order valence-corrected chi connectivity index (χ3v) is 11.4. The summed E-state index contributed by atoms with van der Waals surface area (Å²) in [7, 11) is 0. The van der Waals surface area contributed by atoms with Crippen LogP contribution in [0.2, 0.25) is 0 Å². The number of rotatable bonds is 4. The summed E-state index contributed by atoms with van der Waals surface area (Å²) in [4.78, 5) is 12.6. The van der Waals surface area contributed by atoms with Crippen LogP contribution < -0.4 is 0 Å². The van der Waals surface area contributed by atoms with Crippen LogP contribution in [0.25, 0.3) is 0 Å². The topological polar surface area (TPSA) is 46.5 Å². The first-order valence-corrected chi connectivity index (χ1v) is 13.8. The van der Waals surface area contributed by atoms with Gasteiger partial charge in [0.25, 0.3) is 0 Å². The molecule has 5 rings (SSSR count). The molecule has 5 aliphatic rings. The number of aliphatic hydroxyl groups is 1. The van der Waals surface area contributed by atoms with Gasteiger partial charge in [0.05, 0.1) is 5.60 Å². The second kappa shape index (κ2) is 8.43. The molecule has 32 heavy (non-hydrogen) atoms. The zero-order chi connectivity index (χ0) is 22.6. The molecule has 1 N–H and O–H groups in total. The maximum atomic E-state index is 12.6. The largest absolute Gasteiger partial charge is 0.462 e. The van der Waals surface area contributed by atoms with Crippen LogP contribution in [0.4, 0.5) is 0 Å². The summed E-state index contributed by atoms with van der Waals surface area (Å²) in [6, 6.07) is 0. The molecule has 0 aromatic rings. The molecule has 0 amide bonds. The van der Waals surface area contributed by atoms with Gasteiger partial charge in [-0.05, 0) is 92.8 Å². The van der Waals surface area contributed by atoms with Crippen molar-refractivity contribution in [2.45, 2.75) is 129 Å². The molecule has 4 saturated carbocycles. The fourth-order valence-corrected chi connectivity index (χ4v) is 9.01. The van der Waals surface area contributed by atoms with Gasteiger partial charge in [-0.3, -0.25) is 4.79 Å². The van der Waals surface area contributed by atoms with E-state index in [2.05, 4.69) is 26.8 Å². The van der Waals surface area contributed by atoms with Gasteiger partial charge in [0.2, 0.25) is 0 Å². The van der Waals surface area contributed by atoms with E-state index in [4.69, 9.17) is 4.74 Å². The summed E-state index contributed by atoms with van der Waals surface area (Å²) >= 11 is 0. The summed E-state index contributed by atoms with van der Waals surface area (Å²) in [6.45, 7) is 6.96. The lowest BCUT2D eigenvalue weighted by molar-refractivity contribution is -0.152. The molecular formula is C29H46O3. The first-order chi connectivity index (χ1) is 15.2. The lowest BCUT2D eigenvalue weighted by Crippen LogP contribution is -2.53. The van der Waals surface area contributed by atoms with Crippen molar-refractivity contribution in [2.75, 3.05) is 0 Å². The van der Waals surface area contributed by atoms with E-state index < -0.39 is 5.60 Å². The van der Waals surface area contributed by atoms with E-state index in [0.29, 0.717) is 18.3 Å². The Morgan fingerprint density at radius 1 is 1.00 bits per heavy atom. The Balaban J connectivity index is 1.21. The van der Waals surface area contributed by atoms with Crippen LogP contribution in [0.1, 0.15) is 117 Å².